The minimum absolute atomic E-state index is 0.176. The number of carbonyl (C=O) groups excluding carboxylic acids is 1. The number of carboxylic acid groups (broad SMARTS) is 1. The molecule has 1 amide bonds. The van der Waals surface area contributed by atoms with E-state index in [2.05, 4.69) is 17.4 Å². The van der Waals surface area contributed by atoms with Gasteiger partial charge < -0.3 is 10.0 Å². The van der Waals surface area contributed by atoms with Crippen LogP contribution in [-0.2, 0) is 4.79 Å². The highest BCUT2D eigenvalue weighted by Gasteiger charge is 2.16. The van der Waals surface area contributed by atoms with Crippen LogP contribution in [0.3, 0.4) is 0 Å². The van der Waals surface area contributed by atoms with E-state index < -0.39 is 5.97 Å². The minimum Gasteiger partial charge on any atom is -0.478 e. The molecule has 0 aromatic heterocycles. The zero-order chi connectivity index (χ0) is 15.2. The van der Waals surface area contributed by atoms with Gasteiger partial charge in [-0.2, -0.15) is 0 Å². The average molecular weight is 289 g/mol. The van der Waals surface area contributed by atoms with E-state index in [0.717, 1.165) is 32.3 Å². The number of hydrogen-bond acceptors (Lipinski definition) is 4. The van der Waals surface area contributed by atoms with Crippen LogP contribution in [-0.4, -0.2) is 60.1 Å². The molecular weight excluding hydrogens is 270 g/mol. The smallest absolute Gasteiger partial charge is 0.328 e. The topological polar surface area (TPSA) is 72.9 Å². The predicted molar refractivity (Wildman–Crippen MR) is 79.6 cm³/mol. The molecule has 0 atom stereocenters. The Balaban J connectivity index is 1.99. The normalized spacial score (nSPS) is 17.0. The molecule has 1 aliphatic rings. The molecule has 21 heavy (non-hydrogen) atoms. The summed E-state index contributed by atoms with van der Waals surface area (Å²) in [4.78, 5) is 24.9. The largest absolute Gasteiger partial charge is 0.478 e. The van der Waals surface area contributed by atoms with Gasteiger partial charge in [-0.05, 0) is 30.8 Å². The fourth-order valence-electron chi connectivity index (χ4n) is 2.08. The molecule has 1 aromatic rings. The second-order valence-electron chi connectivity index (χ2n) is 5.03. The average Bonchev–Trinajstić information content (AvgIpc) is 2.48. The number of nitrogens with zero attached hydrogens (tertiary/aromatic N) is 2. The van der Waals surface area contributed by atoms with Crippen molar-refractivity contribution in [2.75, 3.05) is 33.2 Å². The van der Waals surface area contributed by atoms with Crippen molar-refractivity contribution < 1.29 is 14.7 Å². The SMILES string of the molecule is CN1CCN(NC(=O)c2cccc(/C=C/C(=O)O)c2)CC1. The number of nitrogens with one attached hydrogen (secondary N) is 1. The number of likely N-dealkylation sites (N-methyl/N-ethyl adjacent to an activating group) is 1. The predicted octanol–water partition coefficient (Wildman–Crippen LogP) is 0.677. The van der Waals surface area contributed by atoms with Gasteiger partial charge in [0.05, 0.1) is 0 Å². The molecule has 0 bridgehead atoms. The van der Waals surface area contributed by atoms with E-state index in [1.807, 2.05) is 5.01 Å². The number of carbonyl (C=O) groups is 2. The van der Waals surface area contributed by atoms with E-state index >= 15 is 0 Å². The van der Waals surface area contributed by atoms with Gasteiger partial charge in [-0.3, -0.25) is 10.2 Å². The molecule has 2 N–H and O–H groups in total. The van der Waals surface area contributed by atoms with Crippen molar-refractivity contribution in [1.29, 1.82) is 0 Å². The van der Waals surface area contributed by atoms with Gasteiger partial charge in [0.25, 0.3) is 5.91 Å². The van der Waals surface area contributed by atoms with E-state index in [-0.39, 0.29) is 5.91 Å². The summed E-state index contributed by atoms with van der Waals surface area (Å²) in [5, 5.41) is 10.5. The Hall–Kier alpha value is -2.18. The van der Waals surface area contributed by atoms with Crippen LogP contribution in [0.25, 0.3) is 6.08 Å². The van der Waals surface area contributed by atoms with Gasteiger partial charge in [0.2, 0.25) is 0 Å². The Bertz CT molecular complexity index is 549. The molecule has 1 fully saturated rings. The van der Waals surface area contributed by atoms with Gasteiger partial charge in [-0.25, -0.2) is 9.80 Å². The molecule has 1 saturated heterocycles. The maximum absolute atomic E-state index is 12.2. The van der Waals surface area contributed by atoms with Gasteiger partial charge in [0.15, 0.2) is 0 Å². The molecule has 1 aliphatic heterocycles. The summed E-state index contributed by atoms with van der Waals surface area (Å²) < 4.78 is 0. The van der Waals surface area contributed by atoms with Crippen molar-refractivity contribution in [3.63, 3.8) is 0 Å². The summed E-state index contributed by atoms with van der Waals surface area (Å²) in [6.07, 6.45) is 2.52. The second-order valence-corrected chi connectivity index (χ2v) is 5.03. The molecule has 0 radical (unpaired) electrons. The molecule has 6 heteroatoms. The number of hydrogen-bond donors (Lipinski definition) is 2. The molecule has 0 saturated carbocycles. The van der Waals surface area contributed by atoms with E-state index in [0.29, 0.717) is 11.1 Å². The van der Waals surface area contributed by atoms with Crippen molar-refractivity contribution in [3.05, 3.63) is 41.5 Å². The van der Waals surface area contributed by atoms with Crippen molar-refractivity contribution in [3.8, 4) is 0 Å². The third-order valence-electron chi connectivity index (χ3n) is 3.33. The summed E-state index contributed by atoms with van der Waals surface area (Å²) in [6.45, 7) is 3.42. The van der Waals surface area contributed by atoms with E-state index in [4.69, 9.17) is 5.11 Å². The van der Waals surface area contributed by atoms with Crippen LogP contribution in [0.4, 0.5) is 0 Å². The van der Waals surface area contributed by atoms with Gasteiger partial charge in [0.1, 0.15) is 0 Å². The van der Waals surface area contributed by atoms with Gasteiger partial charge in [-0.15, -0.1) is 0 Å². The zero-order valence-corrected chi connectivity index (χ0v) is 12.0. The van der Waals surface area contributed by atoms with Crippen LogP contribution in [0.1, 0.15) is 15.9 Å². The molecule has 0 unspecified atom stereocenters. The van der Waals surface area contributed by atoms with Crippen LogP contribution in [0, 0.1) is 0 Å². The number of rotatable bonds is 4. The molecule has 1 aromatic carbocycles. The lowest BCUT2D eigenvalue weighted by atomic mass is 10.1. The Morgan fingerprint density at radius 1 is 1.24 bits per heavy atom. The quantitative estimate of drug-likeness (QED) is 0.797. The summed E-state index contributed by atoms with van der Waals surface area (Å²) in [7, 11) is 2.05. The number of carboxylic acids is 1. The summed E-state index contributed by atoms with van der Waals surface area (Å²) in [5.41, 5.74) is 4.07. The Kier molecular flexibility index (Phi) is 5.08. The van der Waals surface area contributed by atoms with Crippen molar-refractivity contribution >= 4 is 18.0 Å². The number of hydrazine groups is 1. The summed E-state index contributed by atoms with van der Waals surface area (Å²) >= 11 is 0. The zero-order valence-electron chi connectivity index (χ0n) is 12.0. The number of benzene rings is 1. The summed E-state index contributed by atoms with van der Waals surface area (Å²) in [6, 6.07) is 6.88. The van der Waals surface area contributed by atoms with Gasteiger partial charge in [0, 0.05) is 37.8 Å². The van der Waals surface area contributed by atoms with Crippen LogP contribution < -0.4 is 5.43 Å². The molecule has 6 nitrogen and oxygen atoms in total. The van der Waals surface area contributed by atoms with E-state index in [1.165, 1.54) is 6.08 Å². The molecule has 2 rings (SSSR count). The number of amides is 1. The highest BCUT2D eigenvalue weighted by Crippen LogP contribution is 2.08. The molecule has 0 spiro atoms. The number of piperazine rings is 1. The third kappa shape index (κ3) is 4.70. The van der Waals surface area contributed by atoms with Crippen molar-refractivity contribution in [2.24, 2.45) is 0 Å². The standard InChI is InChI=1S/C15H19N3O3/c1-17-7-9-18(10-8-17)16-15(21)13-4-2-3-12(11-13)5-6-14(19)20/h2-6,11H,7-10H2,1H3,(H,16,21)(H,19,20)/b6-5+. The fourth-order valence-corrected chi connectivity index (χ4v) is 2.08. The first-order valence-corrected chi connectivity index (χ1v) is 6.80. The van der Waals surface area contributed by atoms with E-state index in [9.17, 15) is 9.59 Å². The Labute approximate surface area is 123 Å². The minimum atomic E-state index is -1.01. The molecule has 112 valence electrons. The van der Waals surface area contributed by atoms with Gasteiger partial charge >= 0.3 is 5.97 Å². The highest BCUT2D eigenvalue weighted by atomic mass is 16.4. The first-order valence-electron chi connectivity index (χ1n) is 6.80. The van der Waals surface area contributed by atoms with Crippen molar-refractivity contribution in [1.82, 2.24) is 15.3 Å². The molecule has 1 heterocycles. The van der Waals surface area contributed by atoms with E-state index in [1.54, 1.807) is 24.3 Å². The second kappa shape index (κ2) is 7.01. The first-order chi connectivity index (χ1) is 10.0. The van der Waals surface area contributed by atoms with Gasteiger partial charge in [-0.1, -0.05) is 12.1 Å². The van der Waals surface area contributed by atoms with Crippen LogP contribution >= 0.6 is 0 Å². The van der Waals surface area contributed by atoms with Crippen LogP contribution in [0.2, 0.25) is 0 Å². The number of aliphatic carboxylic acids is 1. The summed E-state index contributed by atoms with van der Waals surface area (Å²) in [5.74, 6) is -1.19. The molecule has 0 aliphatic carbocycles. The van der Waals surface area contributed by atoms with Crippen molar-refractivity contribution in [2.45, 2.75) is 0 Å². The van der Waals surface area contributed by atoms with Crippen LogP contribution in [0.15, 0.2) is 30.3 Å². The third-order valence-corrected chi connectivity index (χ3v) is 3.33. The fraction of sp³-hybridized carbons (Fsp3) is 0.333. The Morgan fingerprint density at radius 3 is 2.62 bits per heavy atom. The Morgan fingerprint density at radius 2 is 1.95 bits per heavy atom. The highest BCUT2D eigenvalue weighted by molar-refractivity contribution is 5.94. The molecular formula is C15H19N3O3. The lowest BCUT2D eigenvalue weighted by molar-refractivity contribution is -0.131. The first kappa shape index (κ1) is 15.2. The maximum Gasteiger partial charge on any atom is 0.328 e. The monoisotopic (exact) mass is 289 g/mol. The lowest BCUT2D eigenvalue weighted by Gasteiger charge is -2.32. The lowest BCUT2D eigenvalue weighted by Crippen LogP contribution is -2.52. The van der Waals surface area contributed by atoms with Crippen LogP contribution in [0.5, 0.6) is 0 Å². The maximum atomic E-state index is 12.2.